The van der Waals surface area contributed by atoms with Crippen LogP contribution in [-0.2, 0) is 9.59 Å². The van der Waals surface area contributed by atoms with Crippen LogP contribution < -0.4 is 34.3 Å². The Balaban J connectivity index is 1.60. The van der Waals surface area contributed by atoms with Crippen molar-refractivity contribution in [2.45, 2.75) is 0 Å². The number of hydrogen-bond acceptors (Lipinski definition) is 7. The van der Waals surface area contributed by atoms with Gasteiger partial charge in [-0.05, 0) is 54.1 Å². The van der Waals surface area contributed by atoms with E-state index in [0.717, 1.165) is 0 Å². The molecule has 0 heterocycles. The van der Waals surface area contributed by atoms with Gasteiger partial charge < -0.3 is 34.3 Å². The summed E-state index contributed by atoms with van der Waals surface area (Å²) in [6.45, 7) is -0.200. The molecule has 0 fully saturated rings. The van der Waals surface area contributed by atoms with E-state index in [9.17, 15) is 9.59 Å². The highest BCUT2D eigenvalue weighted by Gasteiger charge is 2.12. The van der Waals surface area contributed by atoms with E-state index in [4.69, 9.17) is 23.7 Å². The first-order chi connectivity index (χ1) is 17.5. The van der Waals surface area contributed by atoms with Gasteiger partial charge in [-0.3, -0.25) is 9.59 Å². The molecule has 9 nitrogen and oxygen atoms in total. The van der Waals surface area contributed by atoms with Crippen LogP contribution in [0.5, 0.6) is 28.7 Å². The molecular weight excluding hydrogens is 464 g/mol. The summed E-state index contributed by atoms with van der Waals surface area (Å²) in [7, 11) is 6.09. The van der Waals surface area contributed by atoms with Crippen LogP contribution in [0.15, 0.2) is 66.7 Å². The number of carbonyl (C=O) groups is 2. The number of ether oxygens (including phenoxy) is 5. The van der Waals surface area contributed by atoms with Crippen molar-refractivity contribution in [1.29, 1.82) is 0 Å². The average Bonchev–Trinajstić information content (AvgIpc) is 2.90. The maximum Gasteiger partial charge on any atom is 0.262 e. The molecule has 3 rings (SSSR count). The molecule has 0 saturated heterocycles. The van der Waals surface area contributed by atoms with Gasteiger partial charge in [0.05, 0.1) is 28.4 Å². The van der Waals surface area contributed by atoms with E-state index in [1.165, 1.54) is 34.5 Å². The molecule has 2 N–H and O–H groups in total. The minimum absolute atomic E-state index is 0.200. The van der Waals surface area contributed by atoms with Crippen molar-refractivity contribution in [3.05, 3.63) is 72.3 Å². The van der Waals surface area contributed by atoms with Gasteiger partial charge in [0.25, 0.3) is 5.91 Å². The zero-order chi connectivity index (χ0) is 25.9. The van der Waals surface area contributed by atoms with E-state index >= 15 is 0 Å². The van der Waals surface area contributed by atoms with Crippen LogP contribution in [0.4, 0.5) is 11.4 Å². The van der Waals surface area contributed by atoms with Crippen LogP contribution in [-0.4, -0.2) is 46.9 Å². The number of rotatable bonds is 11. The van der Waals surface area contributed by atoms with Crippen molar-refractivity contribution >= 4 is 29.3 Å². The largest absolute Gasteiger partial charge is 0.493 e. The van der Waals surface area contributed by atoms with Gasteiger partial charge in [-0.15, -0.1) is 0 Å². The molecule has 3 aromatic rings. The van der Waals surface area contributed by atoms with E-state index < -0.39 is 0 Å². The first kappa shape index (κ1) is 26.0. The maximum atomic E-state index is 12.5. The Morgan fingerprint density at radius 2 is 1.33 bits per heavy atom. The summed E-state index contributed by atoms with van der Waals surface area (Å²) >= 11 is 0. The van der Waals surface area contributed by atoms with Gasteiger partial charge in [0.1, 0.15) is 0 Å². The maximum absolute atomic E-state index is 12.5. The van der Waals surface area contributed by atoms with E-state index in [2.05, 4.69) is 10.6 Å². The second-order valence-electron chi connectivity index (χ2n) is 7.35. The summed E-state index contributed by atoms with van der Waals surface area (Å²) in [5.74, 6) is 1.72. The second-order valence-corrected chi connectivity index (χ2v) is 7.35. The number of amides is 2. The molecular formula is C27H28N2O7. The van der Waals surface area contributed by atoms with Crippen LogP contribution in [0.2, 0.25) is 0 Å². The van der Waals surface area contributed by atoms with Gasteiger partial charge in [-0.1, -0.05) is 18.2 Å². The van der Waals surface area contributed by atoms with Crippen molar-refractivity contribution in [1.82, 2.24) is 0 Å². The Bertz CT molecular complexity index is 1220. The average molecular weight is 493 g/mol. The van der Waals surface area contributed by atoms with E-state index in [0.29, 0.717) is 45.7 Å². The standard InChI is InChI=1S/C27H28N2O7/c1-32-21-10-5-6-11-22(21)36-17-26(31)29-20-9-7-8-19(16-20)28-25(30)13-12-18-14-23(33-2)27(35-4)24(15-18)34-3/h5-16H,17H2,1-4H3,(H,28,30)(H,29,31). The monoisotopic (exact) mass is 492 g/mol. The molecule has 0 aliphatic heterocycles. The Labute approximate surface area is 209 Å². The van der Waals surface area contributed by atoms with Crippen LogP contribution in [0.1, 0.15) is 5.56 Å². The van der Waals surface area contributed by atoms with Gasteiger partial charge in [-0.25, -0.2) is 0 Å². The third-order valence-electron chi connectivity index (χ3n) is 4.96. The second kappa shape index (κ2) is 12.7. The minimum atomic E-state index is -0.355. The van der Waals surface area contributed by atoms with Gasteiger partial charge in [0.15, 0.2) is 29.6 Å². The Hall–Kier alpha value is -4.66. The van der Waals surface area contributed by atoms with Crippen LogP contribution in [0.3, 0.4) is 0 Å². The Kier molecular flexibility index (Phi) is 9.16. The fraction of sp³-hybridized carbons (Fsp3) is 0.185. The Morgan fingerprint density at radius 3 is 1.94 bits per heavy atom. The van der Waals surface area contributed by atoms with E-state index in [1.54, 1.807) is 60.7 Å². The van der Waals surface area contributed by atoms with Gasteiger partial charge in [0.2, 0.25) is 11.7 Å². The summed E-state index contributed by atoms with van der Waals surface area (Å²) < 4.78 is 26.7. The summed E-state index contributed by atoms with van der Waals surface area (Å²) in [5.41, 5.74) is 1.71. The highest BCUT2D eigenvalue weighted by Crippen LogP contribution is 2.38. The molecule has 188 valence electrons. The summed E-state index contributed by atoms with van der Waals surface area (Å²) in [6, 6.07) is 17.3. The molecule has 0 unspecified atom stereocenters. The predicted molar refractivity (Wildman–Crippen MR) is 137 cm³/mol. The normalized spacial score (nSPS) is 10.4. The lowest BCUT2D eigenvalue weighted by Crippen LogP contribution is -2.20. The van der Waals surface area contributed by atoms with Crippen LogP contribution in [0.25, 0.3) is 6.08 Å². The summed E-state index contributed by atoms with van der Waals surface area (Å²) in [5, 5.41) is 5.51. The highest BCUT2D eigenvalue weighted by molar-refractivity contribution is 6.02. The lowest BCUT2D eigenvalue weighted by Gasteiger charge is -2.12. The van der Waals surface area contributed by atoms with Crippen LogP contribution in [0, 0.1) is 0 Å². The van der Waals surface area contributed by atoms with Gasteiger partial charge in [-0.2, -0.15) is 0 Å². The first-order valence-electron chi connectivity index (χ1n) is 10.9. The van der Waals surface area contributed by atoms with Crippen molar-refractivity contribution < 1.29 is 33.3 Å². The van der Waals surface area contributed by atoms with Crippen molar-refractivity contribution in [2.75, 3.05) is 45.7 Å². The fourth-order valence-corrected chi connectivity index (χ4v) is 3.31. The molecule has 9 heteroatoms. The smallest absolute Gasteiger partial charge is 0.262 e. The van der Waals surface area contributed by atoms with Crippen LogP contribution >= 0.6 is 0 Å². The molecule has 0 spiro atoms. The summed E-state index contributed by atoms with van der Waals surface area (Å²) in [6.07, 6.45) is 3.01. The lowest BCUT2D eigenvalue weighted by atomic mass is 10.1. The van der Waals surface area contributed by atoms with E-state index in [-0.39, 0.29) is 18.4 Å². The van der Waals surface area contributed by atoms with Crippen molar-refractivity contribution in [3.8, 4) is 28.7 Å². The minimum Gasteiger partial charge on any atom is -0.493 e. The molecule has 36 heavy (non-hydrogen) atoms. The molecule has 0 aromatic heterocycles. The zero-order valence-corrected chi connectivity index (χ0v) is 20.5. The fourth-order valence-electron chi connectivity index (χ4n) is 3.31. The number of carbonyl (C=O) groups excluding carboxylic acids is 2. The van der Waals surface area contributed by atoms with Crippen molar-refractivity contribution in [2.24, 2.45) is 0 Å². The molecule has 0 atom stereocenters. The number of methoxy groups -OCH3 is 4. The highest BCUT2D eigenvalue weighted by atomic mass is 16.5. The quantitative estimate of drug-likeness (QED) is 0.383. The SMILES string of the molecule is COc1ccccc1OCC(=O)Nc1cccc(NC(=O)C=Cc2cc(OC)c(OC)c(OC)c2)c1. The topological polar surface area (TPSA) is 104 Å². The van der Waals surface area contributed by atoms with Crippen molar-refractivity contribution in [3.63, 3.8) is 0 Å². The summed E-state index contributed by atoms with van der Waals surface area (Å²) in [4.78, 5) is 24.8. The number of para-hydroxylation sites is 2. The predicted octanol–water partition coefficient (Wildman–Crippen LogP) is 4.39. The molecule has 0 aliphatic carbocycles. The molecule has 0 saturated carbocycles. The molecule has 0 aliphatic rings. The zero-order valence-electron chi connectivity index (χ0n) is 20.5. The molecule has 0 bridgehead atoms. The number of benzene rings is 3. The Morgan fingerprint density at radius 1 is 0.722 bits per heavy atom. The molecule has 2 amide bonds. The lowest BCUT2D eigenvalue weighted by molar-refractivity contribution is -0.118. The van der Waals surface area contributed by atoms with E-state index in [1.807, 2.05) is 6.07 Å². The molecule has 3 aromatic carbocycles. The third kappa shape index (κ3) is 6.92. The third-order valence-corrected chi connectivity index (χ3v) is 4.96. The number of nitrogens with one attached hydrogen (secondary N) is 2. The van der Waals surface area contributed by atoms with Gasteiger partial charge >= 0.3 is 0 Å². The number of hydrogen-bond donors (Lipinski definition) is 2. The van der Waals surface area contributed by atoms with Gasteiger partial charge in [0, 0.05) is 17.5 Å². The first-order valence-corrected chi connectivity index (χ1v) is 10.9. The molecule has 0 radical (unpaired) electrons. The number of anilines is 2.